The van der Waals surface area contributed by atoms with E-state index in [2.05, 4.69) is 15.8 Å². The zero-order chi connectivity index (χ0) is 19.5. The Bertz CT molecular complexity index is 1040. The number of hydrazine groups is 1. The third-order valence-electron chi connectivity index (χ3n) is 4.87. The van der Waals surface area contributed by atoms with E-state index >= 15 is 0 Å². The van der Waals surface area contributed by atoms with Gasteiger partial charge in [-0.15, -0.1) is 0 Å². The number of aromatic amines is 1. The van der Waals surface area contributed by atoms with Crippen molar-refractivity contribution in [1.29, 1.82) is 0 Å². The Morgan fingerprint density at radius 3 is 2.75 bits per heavy atom. The molecule has 2 aromatic carbocycles. The van der Waals surface area contributed by atoms with Gasteiger partial charge in [-0.2, -0.15) is 0 Å². The van der Waals surface area contributed by atoms with Gasteiger partial charge in [0.15, 0.2) is 6.61 Å². The van der Waals surface area contributed by atoms with Gasteiger partial charge in [0.05, 0.1) is 5.02 Å². The maximum absolute atomic E-state index is 12.4. The number of rotatable bonds is 4. The number of carbonyl (C=O) groups excluding carboxylic acids is 2. The predicted octanol–water partition coefficient (Wildman–Crippen LogP) is 3.54. The van der Waals surface area contributed by atoms with Crippen molar-refractivity contribution < 1.29 is 14.3 Å². The van der Waals surface area contributed by atoms with E-state index in [1.165, 1.54) is 17.7 Å². The van der Waals surface area contributed by atoms with Gasteiger partial charge in [-0.05, 0) is 61.6 Å². The summed E-state index contributed by atoms with van der Waals surface area (Å²) in [6, 6.07) is 12.4. The first kappa shape index (κ1) is 18.4. The molecule has 0 fully saturated rings. The molecule has 7 heteroatoms. The fraction of sp³-hybridized carbons (Fsp3) is 0.238. The Morgan fingerprint density at radius 1 is 1.07 bits per heavy atom. The molecule has 144 valence electrons. The number of ether oxygens (including phenoxy) is 1. The number of hydrogen-bond donors (Lipinski definition) is 3. The van der Waals surface area contributed by atoms with Gasteiger partial charge in [0.2, 0.25) is 0 Å². The zero-order valence-electron chi connectivity index (χ0n) is 15.2. The maximum atomic E-state index is 12.4. The van der Waals surface area contributed by atoms with E-state index in [1.807, 2.05) is 12.1 Å². The van der Waals surface area contributed by atoms with Crippen molar-refractivity contribution in [3.05, 3.63) is 64.3 Å². The lowest BCUT2D eigenvalue weighted by atomic mass is 9.95. The molecule has 0 bridgehead atoms. The van der Waals surface area contributed by atoms with Gasteiger partial charge in [0.25, 0.3) is 11.8 Å². The second kappa shape index (κ2) is 7.94. The normalized spacial score (nSPS) is 13.0. The zero-order valence-corrected chi connectivity index (χ0v) is 15.9. The molecule has 1 aliphatic carbocycles. The second-order valence-corrected chi connectivity index (χ2v) is 7.18. The highest BCUT2D eigenvalue weighted by Gasteiger charge is 2.17. The number of hydrogen-bond acceptors (Lipinski definition) is 3. The van der Waals surface area contributed by atoms with Crippen molar-refractivity contribution in [3.63, 3.8) is 0 Å². The molecule has 2 amide bonds. The average Bonchev–Trinajstić information content (AvgIpc) is 3.09. The third-order valence-corrected chi connectivity index (χ3v) is 5.18. The number of fused-ring (bicyclic) bond motifs is 3. The third kappa shape index (κ3) is 3.82. The standard InChI is InChI=1S/C21H20ClN3O3/c22-16-6-2-4-8-19(16)28-12-20(26)24-25-21(27)13-9-10-18-15(11-13)14-5-1-3-7-17(14)23-18/h2,4,6,8-11,23H,1,3,5,7,12H2,(H,24,26)(H,25,27). The number of halogens is 1. The molecule has 0 atom stereocenters. The lowest BCUT2D eigenvalue weighted by molar-refractivity contribution is -0.123. The number of carbonyl (C=O) groups is 2. The molecule has 1 aliphatic rings. The first-order chi connectivity index (χ1) is 13.6. The number of para-hydroxylation sites is 1. The van der Waals surface area contributed by atoms with E-state index in [9.17, 15) is 9.59 Å². The van der Waals surface area contributed by atoms with Gasteiger partial charge >= 0.3 is 0 Å². The molecular formula is C21H20ClN3O3. The van der Waals surface area contributed by atoms with Crippen molar-refractivity contribution in [3.8, 4) is 5.75 Å². The lowest BCUT2D eigenvalue weighted by Gasteiger charge is -2.11. The molecule has 3 aromatic rings. The van der Waals surface area contributed by atoms with Gasteiger partial charge in [0, 0.05) is 22.2 Å². The lowest BCUT2D eigenvalue weighted by Crippen LogP contribution is -2.43. The van der Waals surface area contributed by atoms with Gasteiger partial charge in [-0.25, -0.2) is 0 Å². The molecular weight excluding hydrogens is 378 g/mol. The van der Waals surface area contributed by atoms with Crippen LogP contribution in [0.15, 0.2) is 42.5 Å². The van der Waals surface area contributed by atoms with E-state index < -0.39 is 5.91 Å². The van der Waals surface area contributed by atoms with E-state index in [-0.39, 0.29) is 12.5 Å². The Balaban J connectivity index is 1.37. The molecule has 1 aromatic heterocycles. The highest BCUT2D eigenvalue weighted by molar-refractivity contribution is 6.32. The molecule has 0 spiro atoms. The summed E-state index contributed by atoms with van der Waals surface area (Å²) in [6.07, 6.45) is 4.43. The summed E-state index contributed by atoms with van der Waals surface area (Å²) in [5.74, 6) is -0.444. The maximum Gasteiger partial charge on any atom is 0.276 e. The Hall–Kier alpha value is -2.99. The van der Waals surface area contributed by atoms with Gasteiger partial charge < -0.3 is 9.72 Å². The first-order valence-electron chi connectivity index (χ1n) is 9.22. The van der Waals surface area contributed by atoms with Crippen LogP contribution in [0.3, 0.4) is 0 Å². The number of nitrogens with one attached hydrogen (secondary N) is 3. The van der Waals surface area contributed by atoms with Crippen molar-refractivity contribution in [2.45, 2.75) is 25.7 Å². The van der Waals surface area contributed by atoms with E-state index in [0.717, 1.165) is 30.2 Å². The predicted molar refractivity (Wildman–Crippen MR) is 107 cm³/mol. The van der Waals surface area contributed by atoms with Crippen molar-refractivity contribution in [2.24, 2.45) is 0 Å². The van der Waals surface area contributed by atoms with Crippen LogP contribution >= 0.6 is 11.6 Å². The van der Waals surface area contributed by atoms with Crippen molar-refractivity contribution in [2.75, 3.05) is 6.61 Å². The Morgan fingerprint density at radius 2 is 1.89 bits per heavy atom. The molecule has 6 nitrogen and oxygen atoms in total. The topological polar surface area (TPSA) is 83.2 Å². The molecule has 0 saturated heterocycles. The Labute approximate surface area is 167 Å². The van der Waals surface area contributed by atoms with Crippen LogP contribution in [0, 0.1) is 0 Å². The molecule has 4 rings (SSSR count). The molecule has 0 radical (unpaired) electrons. The summed E-state index contributed by atoms with van der Waals surface area (Å²) >= 11 is 5.97. The fourth-order valence-corrected chi connectivity index (χ4v) is 3.68. The second-order valence-electron chi connectivity index (χ2n) is 6.77. The molecule has 0 unspecified atom stereocenters. The summed E-state index contributed by atoms with van der Waals surface area (Å²) in [7, 11) is 0. The van der Waals surface area contributed by atoms with Gasteiger partial charge in [-0.3, -0.25) is 20.4 Å². The summed E-state index contributed by atoms with van der Waals surface area (Å²) in [5.41, 5.74) is 8.89. The van der Waals surface area contributed by atoms with Gasteiger partial charge in [0.1, 0.15) is 5.75 Å². The van der Waals surface area contributed by atoms with E-state index in [1.54, 1.807) is 30.3 Å². The minimum atomic E-state index is -0.478. The molecule has 0 saturated carbocycles. The molecule has 3 N–H and O–H groups in total. The van der Waals surface area contributed by atoms with Crippen LogP contribution in [0.25, 0.3) is 10.9 Å². The largest absolute Gasteiger partial charge is 0.482 e. The fourth-order valence-electron chi connectivity index (χ4n) is 3.49. The van der Waals surface area contributed by atoms with E-state index in [4.69, 9.17) is 16.3 Å². The van der Waals surface area contributed by atoms with Crippen LogP contribution in [0.5, 0.6) is 5.75 Å². The summed E-state index contributed by atoms with van der Waals surface area (Å²) in [5, 5.41) is 1.50. The quantitative estimate of drug-likeness (QED) is 0.589. The first-order valence-corrected chi connectivity index (χ1v) is 9.59. The van der Waals surface area contributed by atoms with Crippen molar-refractivity contribution >= 4 is 34.3 Å². The molecule has 28 heavy (non-hydrogen) atoms. The average molecular weight is 398 g/mol. The summed E-state index contributed by atoms with van der Waals surface area (Å²) < 4.78 is 5.35. The number of aromatic nitrogens is 1. The van der Waals surface area contributed by atoms with Crippen LogP contribution in [0.2, 0.25) is 5.02 Å². The molecule has 0 aliphatic heterocycles. The summed E-state index contributed by atoms with van der Waals surface area (Å²) in [4.78, 5) is 27.8. The number of aryl methyl sites for hydroxylation is 2. The van der Waals surface area contributed by atoms with Crippen LogP contribution < -0.4 is 15.6 Å². The van der Waals surface area contributed by atoms with Gasteiger partial charge in [-0.1, -0.05) is 23.7 Å². The smallest absolute Gasteiger partial charge is 0.276 e. The molecule has 1 heterocycles. The highest BCUT2D eigenvalue weighted by Crippen LogP contribution is 2.29. The minimum absolute atomic E-state index is 0.256. The van der Waals surface area contributed by atoms with Crippen molar-refractivity contribution in [1.82, 2.24) is 15.8 Å². The van der Waals surface area contributed by atoms with E-state index in [0.29, 0.717) is 16.3 Å². The van der Waals surface area contributed by atoms with Crippen LogP contribution in [-0.4, -0.2) is 23.4 Å². The SMILES string of the molecule is O=C(COc1ccccc1Cl)NNC(=O)c1ccc2[nH]c3c(c2c1)CCCC3. The monoisotopic (exact) mass is 397 g/mol. The van der Waals surface area contributed by atoms with Crippen LogP contribution in [0.1, 0.15) is 34.5 Å². The number of H-pyrrole nitrogens is 1. The Kier molecular flexibility index (Phi) is 5.21. The van der Waals surface area contributed by atoms with Crippen LogP contribution in [-0.2, 0) is 17.6 Å². The highest BCUT2D eigenvalue weighted by atomic mass is 35.5. The van der Waals surface area contributed by atoms with Crippen LogP contribution in [0.4, 0.5) is 0 Å². The number of amides is 2. The minimum Gasteiger partial charge on any atom is -0.482 e. The summed E-state index contributed by atoms with van der Waals surface area (Å²) in [6.45, 7) is -0.256. The number of benzene rings is 2.